The highest BCUT2D eigenvalue weighted by Crippen LogP contribution is 2.34. The van der Waals surface area contributed by atoms with E-state index in [-0.39, 0.29) is 51.4 Å². The van der Waals surface area contributed by atoms with Gasteiger partial charge in [0.05, 0.1) is 28.6 Å². The number of nitrogens with two attached hydrogens (primary N) is 1. The number of methoxy groups -OCH3 is 1. The average Bonchev–Trinajstić information content (AvgIpc) is 2.96. The summed E-state index contributed by atoms with van der Waals surface area (Å²) >= 11 is 6.39. The molecule has 2 amide bonds. The van der Waals surface area contributed by atoms with Crippen LogP contribution in [0.3, 0.4) is 0 Å². The zero-order valence-corrected chi connectivity index (χ0v) is 26.0. The number of para-hydroxylation sites is 1. The Hall–Kier alpha value is -4.10. The third-order valence-corrected chi connectivity index (χ3v) is 9.71. The molecule has 1 aromatic heterocycles. The van der Waals surface area contributed by atoms with Crippen molar-refractivity contribution >= 4 is 62.2 Å². The Morgan fingerprint density at radius 2 is 1.63 bits per heavy atom. The molecule has 230 valence electrons. The monoisotopic (exact) mass is 629 g/mol. The molecule has 0 unspecified atom stereocenters. The molecule has 1 aliphatic rings. The molecule has 1 saturated carbocycles. The van der Waals surface area contributed by atoms with E-state index < -0.39 is 15.1 Å². The quantitative estimate of drug-likeness (QED) is 0.213. The lowest BCUT2D eigenvalue weighted by Crippen LogP contribution is -2.43. The van der Waals surface area contributed by atoms with Gasteiger partial charge in [-0.2, -0.15) is 9.97 Å². The number of ether oxygens (including phenoxy) is 1. The van der Waals surface area contributed by atoms with Crippen LogP contribution in [-0.4, -0.2) is 54.6 Å². The molecule has 3 aromatic rings. The van der Waals surface area contributed by atoms with E-state index in [0.717, 1.165) is 25.7 Å². The van der Waals surface area contributed by atoms with Crippen molar-refractivity contribution in [3.05, 3.63) is 53.1 Å². The van der Waals surface area contributed by atoms with Crippen molar-refractivity contribution in [2.45, 2.75) is 68.7 Å². The second-order valence-corrected chi connectivity index (χ2v) is 13.4. The Kier molecular flexibility index (Phi) is 9.97. The number of halogens is 1. The Balaban J connectivity index is 1.51. The Morgan fingerprint density at radius 1 is 0.977 bits per heavy atom. The molecule has 4 rings (SSSR count). The molecule has 0 atom stereocenters. The van der Waals surface area contributed by atoms with Crippen molar-refractivity contribution in [2.24, 2.45) is 0 Å². The second-order valence-electron chi connectivity index (χ2n) is 10.6. The van der Waals surface area contributed by atoms with Gasteiger partial charge >= 0.3 is 0 Å². The van der Waals surface area contributed by atoms with Crippen molar-refractivity contribution in [3.8, 4) is 5.75 Å². The van der Waals surface area contributed by atoms with Crippen molar-refractivity contribution in [2.75, 3.05) is 23.5 Å². The molecule has 43 heavy (non-hydrogen) atoms. The molecule has 12 nitrogen and oxygen atoms in total. The largest absolute Gasteiger partial charge is 0.495 e. The van der Waals surface area contributed by atoms with Crippen LogP contribution in [-0.2, 0) is 14.6 Å². The number of amides is 2. The van der Waals surface area contributed by atoms with Gasteiger partial charge in [0.2, 0.25) is 11.9 Å². The van der Waals surface area contributed by atoms with E-state index in [2.05, 4.69) is 31.2 Å². The number of hydrogen-bond acceptors (Lipinski definition) is 10. The zero-order chi connectivity index (χ0) is 31.3. The van der Waals surface area contributed by atoms with Crippen LogP contribution in [0.4, 0.5) is 29.0 Å². The maximum atomic E-state index is 13.0. The summed E-state index contributed by atoms with van der Waals surface area (Å²) in [6.45, 7) is 4.71. The number of benzene rings is 2. The van der Waals surface area contributed by atoms with Crippen LogP contribution in [0.1, 0.15) is 56.8 Å². The lowest BCUT2D eigenvalue weighted by atomic mass is 9.91. The number of aromatic nitrogens is 2. The molecule has 1 heterocycles. The Labute approximate surface area is 256 Å². The van der Waals surface area contributed by atoms with Crippen molar-refractivity contribution < 1.29 is 22.7 Å². The van der Waals surface area contributed by atoms with Crippen molar-refractivity contribution in [1.82, 2.24) is 20.6 Å². The van der Waals surface area contributed by atoms with Crippen LogP contribution < -0.4 is 31.7 Å². The molecule has 0 radical (unpaired) electrons. The highest BCUT2D eigenvalue weighted by atomic mass is 35.5. The van der Waals surface area contributed by atoms with Gasteiger partial charge in [-0.25, -0.2) is 8.42 Å². The maximum Gasteiger partial charge on any atom is 0.251 e. The number of nitrogen functional groups attached to an aromatic ring is 1. The third kappa shape index (κ3) is 7.65. The van der Waals surface area contributed by atoms with Gasteiger partial charge < -0.3 is 31.7 Å². The molecule has 0 saturated heterocycles. The fourth-order valence-electron chi connectivity index (χ4n) is 4.80. The number of nitrogens with zero attached hydrogens (tertiary/aromatic N) is 2. The number of sulfone groups is 1. The molecule has 1 fully saturated rings. The first-order valence-electron chi connectivity index (χ1n) is 13.8. The van der Waals surface area contributed by atoms with Crippen LogP contribution in [0.15, 0.2) is 47.4 Å². The molecule has 6 N–H and O–H groups in total. The molecule has 0 aliphatic heterocycles. The van der Waals surface area contributed by atoms with E-state index in [1.54, 1.807) is 50.2 Å². The smallest absolute Gasteiger partial charge is 0.251 e. The minimum atomic E-state index is -3.61. The van der Waals surface area contributed by atoms with Gasteiger partial charge in [-0.1, -0.05) is 23.7 Å². The number of nitrogens with one attached hydrogen (secondary N) is 4. The number of carbonyl (C=O) groups is 2. The molecule has 1 aliphatic carbocycles. The highest BCUT2D eigenvalue weighted by Gasteiger charge is 2.25. The Bertz CT molecular complexity index is 1610. The van der Waals surface area contributed by atoms with Gasteiger partial charge in [0.25, 0.3) is 5.91 Å². The Morgan fingerprint density at radius 3 is 2.26 bits per heavy atom. The fourth-order valence-corrected chi connectivity index (χ4v) is 6.13. The van der Waals surface area contributed by atoms with Crippen LogP contribution >= 0.6 is 11.6 Å². The first-order valence-corrected chi connectivity index (χ1v) is 15.8. The summed E-state index contributed by atoms with van der Waals surface area (Å²) in [4.78, 5) is 33.0. The standard InChI is InChI=1S/C29H36ClN7O5S/c1-16(2)43(40,41)24-8-6-5-7-22(24)34-27-25(30)26(31)36-29(37-27)35-21-14-9-18(15-23(21)42-4)28(39)33-20-12-10-19(11-13-20)32-17(3)38/h5-9,14-16,19-20H,10-13H2,1-4H3,(H,32,38)(H,33,39)(H4,31,34,35,36,37). The van der Waals surface area contributed by atoms with E-state index in [9.17, 15) is 18.0 Å². The average molecular weight is 630 g/mol. The molecule has 14 heteroatoms. The SMILES string of the molecule is COc1cc(C(=O)NC2CCC(NC(C)=O)CC2)ccc1Nc1nc(N)c(Cl)c(Nc2ccccc2S(=O)(=O)C(C)C)n1. The molecule has 2 aromatic carbocycles. The second kappa shape index (κ2) is 13.5. The van der Waals surface area contributed by atoms with Crippen molar-refractivity contribution in [1.29, 1.82) is 0 Å². The summed E-state index contributed by atoms with van der Waals surface area (Å²) in [7, 11) is -2.13. The predicted molar refractivity (Wildman–Crippen MR) is 167 cm³/mol. The van der Waals surface area contributed by atoms with Crippen LogP contribution in [0.2, 0.25) is 5.02 Å². The lowest BCUT2D eigenvalue weighted by Gasteiger charge is -2.29. The van der Waals surface area contributed by atoms with E-state index in [1.165, 1.54) is 20.1 Å². The van der Waals surface area contributed by atoms with Gasteiger partial charge in [0, 0.05) is 24.6 Å². The fraction of sp³-hybridized carbons (Fsp3) is 0.379. The third-order valence-electron chi connectivity index (χ3n) is 7.12. The number of carbonyl (C=O) groups excluding carboxylic acids is 2. The molecular weight excluding hydrogens is 594 g/mol. The molecule has 0 bridgehead atoms. The lowest BCUT2D eigenvalue weighted by molar-refractivity contribution is -0.119. The topological polar surface area (TPSA) is 177 Å². The van der Waals surface area contributed by atoms with Gasteiger partial charge in [0.1, 0.15) is 16.6 Å². The minimum Gasteiger partial charge on any atom is -0.495 e. The zero-order valence-electron chi connectivity index (χ0n) is 24.4. The van der Waals surface area contributed by atoms with E-state index in [0.29, 0.717) is 22.7 Å². The van der Waals surface area contributed by atoms with Crippen molar-refractivity contribution in [3.63, 3.8) is 0 Å². The van der Waals surface area contributed by atoms with E-state index >= 15 is 0 Å². The van der Waals surface area contributed by atoms with Gasteiger partial charge in [-0.05, 0) is 69.9 Å². The first kappa shape index (κ1) is 31.8. The molecular formula is C29H36ClN7O5S. The summed E-state index contributed by atoms with van der Waals surface area (Å²) in [5, 5.41) is 11.4. The summed E-state index contributed by atoms with van der Waals surface area (Å²) in [6, 6.07) is 11.5. The molecule has 0 spiro atoms. The van der Waals surface area contributed by atoms with E-state index in [4.69, 9.17) is 22.1 Å². The van der Waals surface area contributed by atoms with Gasteiger partial charge in [-0.3, -0.25) is 9.59 Å². The van der Waals surface area contributed by atoms with E-state index in [1.807, 2.05) is 0 Å². The maximum absolute atomic E-state index is 13.0. The summed E-state index contributed by atoms with van der Waals surface area (Å²) < 4.78 is 31.3. The summed E-state index contributed by atoms with van der Waals surface area (Å²) in [5.41, 5.74) is 7.23. The number of rotatable bonds is 10. The minimum absolute atomic E-state index is 0.0123. The number of anilines is 5. The summed E-state index contributed by atoms with van der Waals surface area (Å²) in [6.07, 6.45) is 3.15. The first-order chi connectivity index (χ1) is 20.4. The van der Waals surface area contributed by atoms with Gasteiger partial charge in [0.15, 0.2) is 15.7 Å². The van der Waals surface area contributed by atoms with Crippen LogP contribution in [0, 0.1) is 0 Å². The summed E-state index contributed by atoms with van der Waals surface area (Å²) in [5.74, 6) is 0.221. The highest BCUT2D eigenvalue weighted by molar-refractivity contribution is 7.92. The number of hydrogen-bond donors (Lipinski definition) is 5. The normalized spacial score (nSPS) is 16.8. The van der Waals surface area contributed by atoms with Crippen LogP contribution in [0.25, 0.3) is 0 Å². The van der Waals surface area contributed by atoms with Gasteiger partial charge in [-0.15, -0.1) is 0 Å². The predicted octanol–water partition coefficient (Wildman–Crippen LogP) is 4.57. The van der Waals surface area contributed by atoms with Crippen LogP contribution in [0.5, 0.6) is 5.75 Å².